The summed E-state index contributed by atoms with van der Waals surface area (Å²) in [7, 11) is 0. The van der Waals surface area contributed by atoms with Gasteiger partial charge in [0.15, 0.2) is 0 Å². The molecule has 6 heteroatoms. The van der Waals surface area contributed by atoms with Crippen molar-refractivity contribution < 1.29 is 18.0 Å². The second-order valence-electron chi connectivity index (χ2n) is 5.75. The number of carbonyl (C=O) groups is 1. The Kier molecular flexibility index (Phi) is 5.83. The predicted octanol–water partition coefficient (Wildman–Crippen LogP) is 3.40. The number of amides is 1. The van der Waals surface area contributed by atoms with Crippen LogP contribution in [0.3, 0.4) is 0 Å². The van der Waals surface area contributed by atoms with Crippen LogP contribution in [0, 0.1) is 11.7 Å². The predicted molar refractivity (Wildman–Crippen MR) is 78.2 cm³/mol. The van der Waals surface area contributed by atoms with E-state index in [1.165, 1.54) is 12.5 Å². The molecule has 1 unspecified atom stereocenters. The fourth-order valence-corrected chi connectivity index (χ4v) is 3.00. The van der Waals surface area contributed by atoms with E-state index >= 15 is 0 Å². The van der Waals surface area contributed by atoms with Crippen molar-refractivity contribution in [3.63, 3.8) is 0 Å². The zero-order chi connectivity index (χ0) is 16.1. The molecule has 0 radical (unpaired) electrons. The third kappa shape index (κ3) is 4.00. The summed E-state index contributed by atoms with van der Waals surface area (Å²) in [6.45, 7) is 0.313. The molecule has 3 nitrogen and oxygen atoms in total. The van der Waals surface area contributed by atoms with Crippen LogP contribution in [0.4, 0.5) is 13.2 Å². The lowest BCUT2D eigenvalue weighted by atomic mass is 9.84. The van der Waals surface area contributed by atoms with Gasteiger partial charge in [-0.3, -0.25) is 4.79 Å². The van der Waals surface area contributed by atoms with E-state index in [0.29, 0.717) is 12.5 Å². The lowest BCUT2D eigenvalue weighted by Gasteiger charge is -2.30. The SMILES string of the molecule is NCC(NC(=O)c1ccc(C(F)F)c(F)c1)C1CCCCC1. The average molecular weight is 314 g/mol. The maximum Gasteiger partial charge on any atom is 0.266 e. The topological polar surface area (TPSA) is 55.1 Å². The summed E-state index contributed by atoms with van der Waals surface area (Å²) in [6.07, 6.45) is 2.57. The summed E-state index contributed by atoms with van der Waals surface area (Å²) in [5, 5.41) is 2.81. The number of alkyl halides is 2. The molecule has 1 aliphatic carbocycles. The molecule has 122 valence electrons. The number of hydrogen-bond donors (Lipinski definition) is 2. The molecule has 0 heterocycles. The Labute approximate surface area is 128 Å². The molecule has 1 saturated carbocycles. The van der Waals surface area contributed by atoms with Crippen molar-refractivity contribution in [3.05, 3.63) is 35.1 Å². The first-order chi connectivity index (χ1) is 10.5. The third-order valence-electron chi connectivity index (χ3n) is 4.29. The van der Waals surface area contributed by atoms with Gasteiger partial charge in [-0.05, 0) is 37.0 Å². The minimum Gasteiger partial charge on any atom is -0.348 e. The van der Waals surface area contributed by atoms with E-state index in [0.717, 1.165) is 37.8 Å². The number of halogens is 3. The molecule has 1 aromatic rings. The van der Waals surface area contributed by atoms with E-state index in [1.807, 2.05) is 0 Å². The van der Waals surface area contributed by atoms with E-state index in [4.69, 9.17) is 5.73 Å². The fraction of sp³-hybridized carbons (Fsp3) is 0.562. The normalized spacial score (nSPS) is 17.5. The van der Waals surface area contributed by atoms with Gasteiger partial charge in [-0.2, -0.15) is 0 Å². The van der Waals surface area contributed by atoms with Crippen molar-refractivity contribution in [3.8, 4) is 0 Å². The second-order valence-corrected chi connectivity index (χ2v) is 5.75. The largest absolute Gasteiger partial charge is 0.348 e. The number of rotatable bonds is 5. The molecule has 1 amide bonds. The Morgan fingerprint density at radius 2 is 1.95 bits per heavy atom. The first-order valence-corrected chi connectivity index (χ1v) is 7.61. The number of nitrogens with one attached hydrogen (secondary N) is 1. The summed E-state index contributed by atoms with van der Waals surface area (Å²) in [6, 6.07) is 2.86. The second kappa shape index (κ2) is 7.63. The van der Waals surface area contributed by atoms with Gasteiger partial charge < -0.3 is 11.1 Å². The van der Waals surface area contributed by atoms with Gasteiger partial charge in [-0.25, -0.2) is 13.2 Å². The first-order valence-electron chi connectivity index (χ1n) is 7.61. The summed E-state index contributed by atoms with van der Waals surface area (Å²) in [4.78, 5) is 12.2. The number of benzene rings is 1. The van der Waals surface area contributed by atoms with Crippen LogP contribution in [0.1, 0.15) is 54.5 Å². The third-order valence-corrected chi connectivity index (χ3v) is 4.29. The first kappa shape index (κ1) is 16.8. The zero-order valence-corrected chi connectivity index (χ0v) is 12.3. The van der Waals surface area contributed by atoms with Gasteiger partial charge in [-0.15, -0.1) is 0 Å². The van der Waals surface area contributed by atoms with E-state index in [-0.39, 0.29) is 11.6 Å². The Morgan fingerprint density at radius 3 is 2.50 bits per heavy atom. The van der Waals surface area contributed by atoms with Crippen LogP contribution in [0.5, 0.6) is 0 Å². The van der Waals surface area contributed by atoms with Crippen LogP contribution < -0.4 is 11.1 Å². The monoisotopic (exact) mass is 314 g/mol. The molecule has 2 rings (SSSR count). The smallest absolute Gasteiger partial charge is 0.266 e. The molecule has 0 spiro atoms. The molecule has 0 bridgehead atoms. The molecule has 3 N–H and O–H groups in total. The number of carbonyl (C=O) groups excluding carboxylic acids is 1. The van der Waals surface area contributed by atoms with Crippen LogP contribution in [-0.2, 0) is 0 Å². The van der Waals surface area contributed by atoms with Crippen molar-refractivity contribution in [1.29, 1.82) is 0 Å². The van der Waals surface area contributed by atoms with Crippen LogP contribution in [0.15, 0.2) is 18.2 Å². The number of hydrogen-bond acceptors (Lipinski definition) is 2. The Hall–Kier alpha value is -1.56. The van der Waals surface area contributed by atoms with E-state index < -0.39 is 23.7 Å². The minimum atomic E-state index is -2.89. The highest BCUT2D eigenvalue weighted by Crippen LogP contribution is 2.27. The van der Waals surface area contributed by atoms with Crippen molar-refractivity contribution in [2.75, 3.05) is 6.54 Å². The highest BCUT2D eigenvalue weighted by Gasteiger charge is 2.25. The van der Waals surface area contributed by atoms with Crippen LogP contribution in [0.25, 0.3) is 0 Å². The fourth-order valence-electron chi connectivity index (χ4n) is 3.00. The van der Waals surface area contributed by atoms with Crippen LogP contribution >= 0.6 is 0 Å². The maximum absolute atomic E-state index is 13.6. The molecule has 1 aliphatic rings. The average Bonchev–Trinajstić information content (AvgIpc) is 2.52. The summed E-state index contributed by atoms with van der Waals surface area (Å²) < 4.78 is 38.6. The van der Waals surface area contributed by atoms with Crippen molar-refractivity contribution in [1.82, 2.24) is 5.32 Å². The molecule has 22 heavy (non-hydrogen) atoms. The van der Waals surface area contributed by atoms with Gasteiger partial charge in [0.2, 0.25) is 0 Å². The zero-order valence-electron chi connectivity index (χ0n) is 12.3. The lowest BCUT2D eigenvalue weighted by molar-refractivity contribution is 0.0914. The van der Waals surface area contributed by atoms with Crippen molar-refractivity contribution in [2.45, 2.75) is 44.6 Å². The van der Waals surface area contributed by atoms with E-state index in [1.54, 1.807) is 0 Å². The molecule has 1 fully saturated rings. The van der Waals surface area contributed by atoms with Gasteiger partial charge >= 0.3 is 0 Å². The molecule has 0 aromatic heterocycles. The van der Waals surface area contributed by atoms with Crippen molar-refractivity contribution >= 4 is 5.91 Å². The Morgan fingerprint density at radius 1 is 1.27 bits per heavy atom. The minimum absolute atomic E-state index is 0.0381. The van der Waals surface area contributed by atoms with Gasteiger partial charge in [0, 0.05) is 18.2 Å². The van der Waals surface area contributed by atoms with Crippen LogP contribution in [-0.4, -0.2) is 18.5 Å². The van der Waals surface area contributed by atoms with E-state index in [9.17, 15) is 18.0 Å². The molecule has 1 atom stereocenters. The Balaban J connectivity index is 2.05. The molecule has 0 aliphatic heterocycles. The van der Waals surface area contributed by atoms with Gasteiger partial charge in [-0.1, -0.05) is 19.3 Å². The van der Waals surface area contributed by atoms with Gasteiger partial charge in [0.25, 0.3) is 12.3 Å². The highest BCUT2D eigenvalue weighted by atomic mass is 19.3. The molecule has 0 saturated heterocycles. The van der Waals surface area contributed by atoms with E-state index in [2.05, 4.69) is 5.32 Å². The highest BCUT2D eigenvalue weighted by molar-refractivity contribution is 5.94. The summed E-state index contributed by atoms with van der Waals surface area (Å²) in [5.74, 6) is -1.21. The van der Waals surface area contributed by atoms with Gasteiger partial charge in [0.1, 0.15) is 5.82 Å². The van der Waals surface area contributed by atoms with Crippen molar-refractivity contribution in [2.24, 2.45) is 11.7 Å². The summed E-state index contributed by atoms with van der Waals surface area (Å²) >= 11 is 0. The summed E-state index contributed by atoms with van der Waals surface area (Å²) in [5.41, 5.74) is 5.08. The lowest BCUT2D eigenvalue weighted by Crippen LogP contribution is -2.45. The molecule has 1 aromatic carbocycles. The molecular formula is C16H21F3N2O. The quantitative estimate of drug-likeness (QED) is 0.875. The van der Waals surface area contributed by atoms with Crippen LogP contribution in [0.2, 0.25) is 0 Å². The maximum atomic E-state index is 13.6. The number of nitrogens with two attached hydrogens (primary N) is 1. The van der Waals surface area contributed by atoms with Gasteiger partial charge in [0.05, 0.1) is 5.56 Å². The Bertz CT molecular complexity index is 516. The standard InChI is InChI=1S/C16H21F3N2O/c17-13-8-11(6-7-12(13)15(18)19)16(22)21-14(9-20)10-4-2-1-3-5-10/h6-8,10,14-15H,1-5,9,20H2,(H,21,22). The molecular weight excluding hydrogens is 293 g/mol.